The van der Waals surface area contributed by atoms with Crippen LogP contribution in [-0.2, 0) is 6.42 Å². The maximum atomic E-state index is 5.72. The second kappa shape index (κ2) is 5.44. The Labute approximate surface area is 115 Å². The Hall–Kier alpha value is -1.82. The summed E-state index contributed by atoms with van der Waals surface area (Å²) in [6.07, 6.45) is 4.27. The average molecular weight is 270 g/mol. The van der Waals surface area contributed by atoms with Crippen LogP contribution in [0.15, 0.2) is 48.1 Å². The Morgan fingerprint density at radius 2 is 2.05 bits per heavy atom. The average Bonchev–Trinajstić information content (AvgIpc) is 2.97. The number of nitrogens with two attached hydrogens (primary N) is 1. The minimum atomic E-state index is 0.0408. The number of nitrogens with zero attached hydrogens (tertiary/aromatic N) is 2. The Morgan fingerprint density at radius 3 is 2.84 bits per heavy atom. The molecule has 0 bridgehead atoms. The molecule has 0 aliphatic heterocycles. The summed E-state index contributed by atoms with van der Waals surface area (Å²) in [7, 11) is 0. The lowest BCUT2D eigenvalue weighted by atomic mass is 10.0. The quantitative estimate of drug-likeness (QED) is 0.564. The SMILES string of the molecule is NNC(Cc1cccs1)c1cccc2nccnc12. The molecule has 2 heterocycles. The number of hydrogen-bond acceptors (Lipinski definition) is 5. The molecule has 0 aliphatic carbocycles. The summed E-state index contributed by atoms with van der Waals surface area (Å²) in [5, 5.41) is 2.08. The van der Waals surface area contributed by atoms with Gasteiger partial charge in [-0.3, -0.25) is 21.2 Å². The molecule has 96 valence electrons. The van der Waals surface area contributed by atoms with Crippen molar-refractivity contribution in [3.63, 3.8) is 0 Å². The first-order valence-corrected chi connectivity index (χ1v) is 6.94. The standard InChI is InChI=1S/C14H14N4S/c15-18-13(9-10-3-2-8-19-10)11-4-1-5-12-14(11)17-7-6-16-12/h1-8,13,18H,9,15H2. The third-order valence-corrected chi connectivity index (χ3v) is 3.99. The molecule has 0 amide bonds. The van der Waals surface area contributed by atoms with Gasteiger partial charge in [-0.1, -0.05) is 18.2 Å². The first-order valence-electron chi connectivity index (χ1n) is 6.06. The van der Waals surface area contributed by atoms with Gasteiger partial charge in [-0.2, -0.15) is 0 Å². The highest BCUT2D eigenvalue weighted by atomic mass is 32.1. The van der Waals surface area contributed by atoms with Crippen LogP contribution in [0.1, 0.15) is 16.5 Å². The normalized spacial score (nSPS) is 12.7. The van der Waals surface area contributed by atoms with Crippen LogP contribution in [0.3, 0.4) is 0 Å². The van der Waals surface area contributed by atoms with E-state index in [0.29, 0.717) is 0 Å². The molecule has 3 aromatic rings. The number of thiophene rings is 1. The molecule has 0 spiro atoms. The van der Waals surface area contributed by atoms with E-state index in [4.69, 9.17) is 5.84 Å². The third-order valence-electron chi connectivity index (χ3n) is 3.09. The zero-order valence-electron chi connectivity index (χ0n) is 10.3. The Kier molecular flexibility index (Phi) is 3.50. The Balaban J connectivity index is 2.01. The number of para-hydroxylation sites is 1. The predicted octanol–water partition coefficient (Wildman–Crippen LogP) is 2.44. The summed E-state index contributed by atoms with van der Waals surface area (Å²) in [6, 6.07) is 10.2. The third kappa shape index (κ3) is 2.49. The van der Waals surface area contributed by atoms with Gasteiger partial charge in [0.25, 0.3) is 0 Å². The molecule has 4 nitrogen and oxygen atoms in total. The Bertz CT molecular complexity index is 661. The van der Waals surface area contributed by atoms with E-state index in [1.54, 1.807) is 23.7 Å². The first kappa shape index (κ1) is 12.2. The highest BCUT2D eigenvalue weighted by Crippen LogP contribution is 2.25. The van der Waals surface area contributed by atoms with Crippen LogP contribution >= 0.6 is 11.3 Å². The fourth-order valence-corrected chi connectivity index (χ4v) is 2.94. The number of nitrogens with one attached hydrogen (secondary N) is 1. The van der Waals surface area contributed by atoms with Crippen molar-refractivity contribution in [3.8, 4) is 0 Å². The van der Waals surface area contributed by atoms with E-state index in [-0.39, 0.29) is 6.04 Å². The van der Waals surface area contributed by atoms with Crippen molar-refractivity contribution in [2.45, 2.75) is 12.5 Å². The molecular formula is C14H14N4S. The summed E-state index contributed by atoms with van der Waals surface area (Å²) < 4.78 is 0. The van der Waals surface area contributed by atoms with Crippen molar-refractivity contribution < 1.29 is 0 Å². The fraction of sp³-hybridized carbons (Fsp3) is 0.143. The van der Waals surface area contributed by atoms with Crippen molar-refractivity contribution in [1.29, 1.82) is 0 Å². The second-order valence-corrected chi connectivity index (χ2v) is 5.31. The molecule has 2 aromatic heterocycles. The van der Waals surface area contributed by atoms with Crippen LogP contribution in [0.5, 0.6) is 0 Å². The number of rotatable bonds is 4. The van der Waals surface area contributed by atoms with Gasteiger partial charge in [0.05, 0.1) is 17.1 Å². The van der Waals surface area contributed by atoms with E-state index in [2.05, 4.69) is 39.0 Å². The van der Waals surface area contributed by atoms with Crippen molar-refractivity contribution in [1.82, 2.24) is 15.4 Å². The molecule has 0 radical (unpaired) electrons. The number of benzene rings is 1. The van der Waals surface area contributed by atoms with Crippen LogP contribution in [0.2, 0.25) is 0 Å². The molecular weight excluding hydrogens is 256 g/mol. The van der Waals surface area contributed by atoms with Crippen LogP contribution in [0.25, 0.3) is 11.0 Å². The second-order valence-electron chi connectivity index (χ2n) is 4.27. The lowest BCUT2D eigenvalue weighted by molar-refractivity contribution is 0.558. The van der Waals surface area contributed by atoms with E-state index in [0.717, 1.165) is 23.0 Å². The maximum absolute atomic E-state index is 5.72. The van der Waals surface area contributed by atoms with Gasteiger partial charge in [0.15, 0.2) is 0 Å². The minimum absolute atomic E-state index is 0.0408. The monoisotopic (exact) mass is 270 g/mol. The smallest absolute Gasteiger partial charge is 0.0935 e. The highest BCUT2D eigenvalue weighted by molar-refractivity contribution is 7.09. The lowest BCUT2D eigenvalue weighted by Gasteiger charge is -2.16. The van der Waals surface area contributed by atoms with Crippen molar-refractivity contribution in [2.75, 3.05) is 0 Å². The first-order chi connectivity index (χ1) is 9.38. The summed E-state index contributed by atoms with van der Waals surface area (Å²) in [6.45, 7) is 0. The van der Waals surface area contributed by atoms with Crippen molar-refractivity contribution in [3.05, 3.63) is 58.5 Å². The van der Waals surface area contributed by atoms with E-state index < -0.39 is 0 Å². The zero-order valence-corrected chi connectivity index (χ0v) is 11.1. The van der Waals surface area contributed by atoms with E-state index in [9.17, 15) is 0 Å². The largest absolute Gasteiger partial charge is 0.271 e. The van der Waals surface area contributed by atoms with E-state index in [1.165, 1.54) is 4.88 Å². The molecule has 0 aliphatic rings. The van der Waals surface area contributed by atoms with Gasteiger partial charge >= 0.3 is 0 Å². The van der Waals surface area contributed by atoms with Crippen LogP contribution < -0.4 is 11.3 Å². The summed E-state index contributed by atoms with van der Waals surface area (Å²) >= 11 is 1.74. The van der Waals surface area contributed by atoms with Gasteiger partial charge < -0.3 is 0 Å². The molecule has 1 atom stereocenters. The van der Waals surface area contributed by atoms with Gasteiger partial charge in [-0.15, -0.1) is 11.3 Å². The van der Waals surface area contributed by atoms with Gasteiger partial charge in [0.1, 0.15) is 0 Å². The fourth-order valence-electron chi connectivity index (χ4n) is 2.18. The van der Waals surface area contributed by atoms with Crippen molar-refractivity contribution >= 4 is 22.4 Å². The number of aromatic nitrogens is 2. The van der Waals surface area contributed by atoms with Gasteiger partial charge in [0, 0.05) is 23.7 Å². The van der Waals surface area contributed by atoms with E-state index >= 15 is 0 Å². The van der Waals surface area contributed by atoms with Crippen LogP contribution in [-0.4, -0.2) is 9.97 Å². The van der Waals surface area contributed by atoms with E-state index in [1.807, 2.05) is 12.1 Å². The van der Waals surface area contributed by atoms with Gasteiger partial charge in [0.2, 0.25) is 0 Å². The van der Waals surface area contributed by atoms with Crippen LogP contribution in [0.4, 0.5) is 0 Å². The molecule has 0 saturated carbocycles. The van der Waals surface area contributed by atoms with Gasteiger partial charge in [-0.05, 0) is 23.1 Å². The lowest BCUT2D eigenvalue weighted by Crippen LogP contribution is -2.29. The molecule has 19 heavy (non-hydrogen) atoms. The predicted molar refractivity (Wildman–Crippen MR) is 77.6 cm³/mol. The highest BCUT2D eigenvalue weighted by Gasteiger charge is 2.15. The van der Waals surface area contributed by atoms with Gasteiger partial charge in [-0.25, -0.2) is 0 Å². The van der Waals surface area contributed by atoms with Crippen LogP contribution in [0, 0.1) is 0 Å². The maximum Gasteiger partial charge on any atom is 0.0935 e. The Morgan fingerprint density at radius 1 is 1.16 bits per heavy atom. The molecule has 0 fully saturated rings. The number of fused-ring (bicyclic) bond motifs is 1. The zero-order chi connectivity index (χ0) is 13.1. The molecule has 3 N–H and O–H groups in total. The number of hydrazine groups is 1. The summed E-state index contributed by atoms with van der Waals surface area (Å²) in [5.74, 6) is 5.72. The summed E-state index contributed by atoms with van der Waals surface area (Å²) in [5.41, 5.74) is 5.77. The molecule has 1 unspecified atom stereocenters. The van der Waals surface area contributed by atoms with Crippen molar-refractivity contribution in [2.24, 2.45) is 5.84 Å². The number of hydrogen-bond donors (Lipinski definition) is 2. The molecule has 5 heteroatoms. The topological polar surface area (TPSA) is 63.8 Å². The molecule has 0 saturated heterocycles. The molecule has 3 rings (SSSR count). The summed E-state index contributed by atoms with van der Waals surface area (Å²) in [4.78, 5) is 10.0. The molecule has 1 aromatic carbocycles. The minimum Gasteiger partial charge on any atom is -0.271 e.